The van der Waals surface area contributed by atoms with Gasteiger partial charge in [-0.3, -0.25) is 4.90 Å². The van der Waals surface area contributed by atoms with Gasteiger partial charge in [-0.2, -0.15) is 0 Å². The molecule has 2 rings (SSSR count). The van der Waals surface area contributed by atoms with Crippen LogP contribution in [0, 0.1) is 11.8 Å². The number of rotatable bonds is 3. The smallest absolute Gasteiger partial charge is 0.410 e. The van der Waals surface area contributed by atoms with E-state index in [0.717, 1.165) is 31.5 Å². The van der Waals surface area contributed by atoms with E-state index in [9.17, 15) is 4.79 Å². The second-order valence-corrected chi connectivity index (χ2v) is 8.92. The Labute approximate surface area is 142 Å². The number of hydrogen-bond acceptors (Lipinski definition) is 3. The molecule has 2 heterocycles. The van der Waals surface area contributed by atoms with E-state index in [1.54, 1.807) is 0 Å². The fourth-order valence-corrected chi connectivity index (χ4v) is 4.21. The molecule has 3 atom stereocenters. The molecule has 0 saturated carbocycles. The van der Waals surface area contributed by atoms with Crippen molar-refractivity contribution in [2.24, 2.45) is 11.8 Å². The Bertz CT molecular complexity index is 403. The van der Waals surface area contributed by atoms with Crippen LogP contribution in [0.1, 0.15) is 67.2 Å². The maximum absolute atomic E-state index is 12.3. The predicted octanol–water partition coefficient (Wildman–Crippen LogP) is 4.14. The van der Waals surface area contributed by atoms with Gasteiger partial charge in [0.05, 0.1) is 0 Å². The Kier molecular flexibility index (Phi) is 5.99. The van der Waals surface area contributed by atoms with Crippen molar-refractivity contribution in [3.63, 3.8) is 0 Å². The third-order valence-electron chi connectivity index (χ3n) is 5.10. The van der Waals surface area contributed by atoms with Gasteiger partial charge in [-0.05, 0) is 64.8 Å². The van der Waals surface area contributed by atoms with Gasteiger partial charge in [-0.15, -0.1) is 0 Å². The molecule has 0 radical (unpaired) electrons. The Morgan fingerprint density at radius 2 is 1.91 bits per heavy atom. The summed E-state index contributed by atoms with van der Waals surface area (Å²) in [5.41, 5.74) is -0.408. The Morgan fingerprint density at radius 3 is 2.48 bits per heavy atom. The predicted molar refractivity (Wildman–Crippen MR) is 94.6 cm³/mol. The molecule has 2 unspecified atom stereocenters. The van der Waals surface area contributed by atoms with E-state index in [1.165, 1.54) is 25.8 Å². The third-order valence-corrected chi connectivity index (χ3v) is 5.10. The molecule has 0 bridgehead atoms. The van der Waals surface area contributed by atoms with E-state index in [1.807, 2.05) is 25.7 Å². The highest BCUT2D eigenvalue weighted by atomic mass is 16.6. The Balaban J connectivity index is 1.92. The fraction of sp³-hybridized carbons (Fsp3) is 0.947. The molecule has 134 valence electrons. The number of carbonyl (C=O) groups excluding carboxylic acids is 1. The average molecular weight is 325 g/mol. The summed E-state index contributed by atoms with van der Waals surface area (Å²) in [4.78, 5) is 16.9. The maximum Gasteiger partial charge on any atom is 0.410 e. The second kappa shape index (κ2) is 7.42. The van der Waals surface area contributed by atoms with E-state index < -0.39 is 5.60 Å². The SMILES string of the molecule is CC(C)C[C@@H]1CCCN1C1CCN(C(=O)OC(C)(C)C)CC1C. The highest BCUT2D eigenvalue weighted by Crippen LogP contribution is 2.32. The van der Waals surface area contributed by atoms with Crippen molar-refractivity contribution in [2.75, 3.05) is 19.6 Å². The van der Waals surface area contributed by atoms with Crippen molar-refractivity contribution in [1.29, 1.82) is 0 Å². The molecule has 0 spiro atoms. The molecule has 2 aliphatic heterocycles. The first kappa shape index (κ1) is 18.6. The minimum absolute atomic E-state index is 0.150. The summed E-state index contributed by atoms with van der Waals surface area (Å²) in [7, 11) is 0. The molecule has 4 nitrogen and oxygen atoms in total. The monoisotopic (exact) mass is 324 g/mol. The number of amides is 1. The van der Waals surface area contributed by atoms with Gasteiger partial charge < -0.3 is 9.64 Å². The quantitative estimate of drug-likeness (QED) is 0.782. The molecular weight excluding hydrogens is 288 g/mol. The number of ether oxygens (including phenoxy) is 1. The van der Waals surface area contributed by atoms with Crippen molar-refractivity contribution < 1.29 is 9.53 Å². The first-order chi connectivity index (χ1) is 10.7. The minimum atomic E-state index is -0.408. The van der Waals surface area contributed by atoms with Crippen molar-refractivity contribution in [1.82, 2.24) is 9.80 Å². The van der Waals surface area contributed by atoms with E-state index in [-0.39, 0.29) is 6.09 Å². The molecule has 0 N–H and O–H groups in total. The zero-order chi connectivity index (χ0) is 17.2. The topological polar surface area (TPSA) is 32.8 Å². The molecular formula is C19H36N2O2. The average Bonchev–Trinajstić information content (AvgIpc) is 2.83. The lowest BCUT2D eigenvalue weighted by molar-refractivity contribution is 0.00142. The van der Waals surface area contributed by atoms with Crippen molar-refractivity contribution in [2.45, 2.75) is 84.9 Å². The summed E-state index contributed by atoms with van der Waals surface area (Å²) in [5, 5.41) is 0. The zero-order valence-corrected chi connectivity index (χ0v) is 16.0. The molecule has 4 heteroatoms. The summed E-state index contributed by atoms with van der Waals surface area (Å²) in [6, 6.07) is 1.37. The number of likely N-dealkylation sites (tertiary alicyclic amines) is 2. The van der Waals surface area contributed by atoms with Crippen LogP contribution >= 0.6 is 0 Å². The Hall–Kier alpha value is -0.770. The minimum Gasteiger partial charge on any atom is -0.444 e. The Morgan fingerprint density at radius 1 is 1.22 bits per heavy atom. The lowest BCUT2D eigenvalue weighted by atomic mass is 9.91. The lowest BCUT2D eigenvalue weighted by Gasteiger charge is -2.43. The van der Waals surface area contributed by atoms with E-state index in [2.05, 4.69) is 25.7 Å². The van der Waals surface area contributed by atoms with Gasteiger partial charge in [0, 0.05) is 25.2 Å². The van der Waals surface area contributed by atoms with Gasteiger partial charge in [0.15, 0.2) is 0 Å². The van der Waals surface area contributed by atoms with Crippen molar-refractivity contribution in [3.05, 3.63) is 0 Å². The van der Waals surface area contributed by atoms with E-state index in [0.29, 0.717) is 12.0 Å². The molecule has 2 saturated heterocycles. The van der Waals surface area contributed by atoms with Gasteiger partial charge in [-0.25, -0.2) is 4.79 Å². The maximum atomic E-state index is 12.3. The van der Waals surface area contributed by atoms with Gasteiger partial charge in [0.25, 0.3) is 0 Å². The molecule has 2 fully saturated rings. The highest BCUT2D eigenvalue weighted by Gasteiger charge is 2.38. The second-order valence-electron chi connectivity index (χ2n) is 8.92. The summed E-state index contributed by atoms with van der Waals surface area (Å²) < 4.78 is 5.53. The van der Waals surface area contributed by atoms with Crippen molar-refractivity contribution >= 4 is 6.09 Å². The van der Waals surface area contributed by atoms with Crippen LogP contribution in [0.2, 0.25) is 0 Å². The van der Waals surface area contributed by atoms with Gasteiger partial charge in [0.2, 0.25) is 0 Å². The van der Waals surface area contributed by atoms with E-state index in [4.69, 9.17) is 4.74 Å². The van der Waals surface area contributed by atoms with Crippen LogP contribution in [-0.2, 0) is 4.74 Å². The van der Waals surface area contributed by atoms with E-state index >= 15 is 0 Å². The molecule has 0 aromatic heterocycles. The standard InChI is InChI=1S/C19H36N2O2/c1-14(2)12-16-8-7-10-21(16)17-9-11-20(13-15(17)3)18(22)23-19(4,5)6/h14-17H,7-13H2,1-6H3/t15?,16-,17?/m0/s1. The first-order valence-corrected chi connectivity index (χ1v) is 9.41. The van der Waals surface area contributed by atoms with Crippen LogP contribution in [0.5, 0.6) is 0 Å². The lowest BCUT2D eigenvalue weighted by Crippen LogP contribution is -2.53. The van der Waals surface area contributed by atoms with Crippen LogP contribution < -0.4 is 0 Å². The largest absolute Gasteiger partial charge is 0.444 e. The molecule has 23 heavy (non-hydrogen) atoms. The normalized spacial score (nSPS) is 30.0. The van der Waals surface area contributed by atoms with Gasteiger partial charge in [-0.1, -0.05) is 20.8 Å². The number of hydrogen-bond donors (Lipinski definition) is 0. The highest BCUT2D eigenvalue weighted by molar-refractivity contribution is 5.68. The summed E-state index contributed by atoms with van der Waals surface area (Å²) >= 11 is 0. The molecule has 2 aliphatic rings. The number of piperidine rings is 1. The third kappa shape index (κ3) is 5.10. The zero-order valence-electron chi connectivity index (χ0n) is 16.0. The van der Waals surface area contributed by atoms with Crippen LogP contribution in [0.4, 0.5) is 4.79 Å². The van der Waals surface area contributed by atoms with Gasteiger partial charge in [0.1, 0.15) is 5.60 Å². The fourth-order valence-electron chi connectivity index (χ4n) is 4.21. The summed E-state index contributed by atoms with van der Waals surface area (Å²) in [5.74, 6) is 1.28. The van der Waals surface area contributed by atoms with Crippen LogP contribution in [0.3, 0.4) is 0 Å². The number of nitrogens with zero attached hydrogens (tertiary/aromatic N) is 2. The number of carbonyl (C=O) groups is 1. The van der Waals surface area contributed by atoms with Crippen LogP contribution in [-0.4, -0.2) is 53.2 Å². The molecule has 1 amide bonds. The summed E-state index contributed by atoms with van der Waals surface area (Å²) in [6.45, 7) is 15.6. The van der Waals surface area contributed by atoms with Crippen molar-refractivity contribution in [3.8, 4) is 0 Å². The van der Waals surface area contributed by atoms with Crippen LogP contribution in [0.25, 0.3) is 0 Å². The molecule has 0 aliphatic carbocycles. The summed E-state index contributed by atoms with van der Waals surface area (Å²) in [6.07, 6.45) is 4.91. The molecule has 0 aromatic rings. The van der Waals surface area contributed by atoms with Gasteiger partial charge >= 0.3 is 6.09 Å². The first-order valence-electron chi connectivity index (χ1n) is 9.41. The van der Waals surface area contributed by atoms with Crippen LogP contribution in [0.15, 0.2) is 0 Å². The molecule has 0 aromatic carbocycles.